The van der Waals surface area contributed by atoms with Crippen LogP contribution in [0.3, 0.4) is 0 Å². The zero-order valence-corrected chi connectivity index (χ0v) is 45.6. The average Bonchev–Trinajstić information content (AvgIpc) is 4.12. The molecule has 7 rings (SSSR count). The fraction of sp³-hybridized carbons (Fsp3) is 0.390. The summed E-state index contributed by atoms with van der Waals surface area (Å²) in [5.41, 5.74) is 8.36. The smallest absolute Gasteiger partial charge is 0.412 e. The van der Waals surface area contributed by atoms with Gasteiger partial charge >= 0.3 is 6.09 Å². The minimum absolute atomic E-state index is 0.0170. The molecule has 1 aliphatic rings. The predicted molar refractivity (Wildman–Crippen MR) is 299 cm³/mol. The molecular formula is C59H72N8O8S. The lowest BCUT2D eigenvalue weighted by molar-refractivity contribution is -0.144. The van der Waals surface area contributed by atoms with Crippen LogP contribution in [0.2, 0.25) is 0 Å². The Labute approximate surface area is 449 Å². The number of β-amino-alcohol motifs (C(OH)–C–C–N with tert-alkyl or cyclic N) is 1. The Kier molecular flexibility index (Phi) is 19.0. The van der Waals surface area contributed by atoms with Gasteiger partial charge < -0.3 is 40.4 Å². The lowest BCUT2D eigenvalue weighted by Crippen LogP contribution is -2.58. The molecule has 0 radical (unpaired) electrons. The van der Waals surface area contributed by atoms with Crippen molar-refractivity contribution < 1.29 is 38.6 Å². The zero-order chi connectivity index (χ0) is 54.6. The van der Waals surface area contributed by atoms with E-state index in [-0.39, 0.29) is 49.8 Å². The molecule has 0 saturated carbocycles. The van der Waals surface area contributed by atoms with Gasteiger partial charge in [0.25, 0.3) is 0 Å². The van der Waals surface area contributed by atoms with Crippen molar-refractivity contribution in [3.8, 4) is 10.4 Å². The number of H-pyrrole nitrogens is 1. The molecule has 0 bridgehead atoms. The maximum atomic E-state index is 14.3. The summed E-state index contributed by atoms with van der Waals surface area (Å²) >= 11 is 1.57. The molecule has 1 aliphatic heterocycles. The van der Waals surface area contributed by atoms with Crippen molar-refractivity contribution in [3.63, 3.8) is 0 Å². The van der Waals surface area contributed by atoms with Crippen LogP contribution in [0.25, 0.3) is 27.4 Å². The Balaban J connectivity index is 0.913. The third kappa shape index (κ3) is 15.9. The molecule has 6 N–H and O–H groups in total. The highest BCUT2D eigenvalue weighted by Gasteiger charge is 2.44. The predicted octanol–water partition coefficient (Wildman–Crippen LogP) is 9.42. The number of likely N-dealkylation sites (tertiary alicyclic amines) is 1. The normalized spacial score (nSPS) is 15.7. The summed E-state index contributed by atoms with van der Waals surface area (Å²) in [6, 6.07) is 28.8. The average molecular weight is 1050 g/mol. The summed E-state index contributed by atoms with van der Waals surface area (Å²) in [6.45, 7) is 17.2. The highest BCUT2D eigenvalue weighted by atomic mass is 32.1. The van der Waals surface area contributed by atoms with Crippen LogP contribution in [0.5, 0.6) is 0 Å². The molecule has 5 amide bonds. The SMILES string of the molecule is Cc1ncsc1-c1ccc([C@H](C)NC(=O)[C@@H]2C[C@@H](O)CN2C(=O)[C@@H](NC(=O)CCOCCN(CCc2c[nH]c3ccccc23)Cc2ccc(/C=C/C(=O)Nc3ccccc3NC(=O)OC(C)(C)C)cc2)C(C)(C)C)cc1. The summed E-state index contributed by atoms with van der Waals surface area (Å²) in [4.78, 5) is 79.5. The highest BCUT2D eigenvalue weighted by molar-refractivity contribution is 7.13. The van der Waals surface area contributed by atoms with Crippen LogP contribution in [0, 0.1) is 12.3 Å². The molecule has 0 aliphatic carbocycles. The number of fused-ring (bicyclic) bond motifs is 1. The fourth-order valence-corrected chi connectivity index (χ4v) is 9.86. The molecule has 4 atom stereocenters. The second-order valence-corrected chi connectivity index (χ2v) is 22.2. The molecule has 1 fully saturated rings. The van der Waals surface area contributed by atoms with E-state index < -0.39 is 41.2 Å². The molecule has 6 aromatic rings. The Morgan fingerprint density at radius 2 is 1.58 bits per heavy atom. The summed E-state index contributed by atoms with van der Waals surface area (Å²) in [7, 11) is 0. The maximum Gasteiger partial charge on any atom is 0.412 e. The number of benzene rings is 4. The number of nitrogens with one attached hydrogen (secondary N) is 5. The number of carbonyl (C=O) groups excluding carboxylic acids is 5. The van der Waals surface area contributed by atoms with Gasteiger partial charge in [-0.05, 0) is 98.5 Å². The standard InChI is InChI=1S/C59H72N8O8S/c1-38(42-22-24-43(25-23-42)53-39(2)61-37-76-53)62-55(71)50-33-45(68)36-67(50)56(72)54(58(3,4)5)65-52(70)28-31-74-32-30-66(29-27-44-34-60-47-14-10-9-13-46(44)47)35-41-19-17-40(18-20-41)21-26-51(69)63-48-15-11-12-16-49(48)64-57(73)75-59(6,7)8/h9-26,34,37-38,45,50,54,60,68H,27-33,35-36H2,1-8H3,(H,62,71)(H,63,69)(H,64,73)(H,65,70)/b26-21+/t38-,45+,50-,54+/m0/s1. The number of rotatable bonds is 21. The van der Waals surface area contributed by atoms with Gasteiger partial charge in [-0.1, -0.05) is 99.6 Å². The number of nitrogens with zero attached hydrogens (tertiary/aromatic N) is 3. The van der Waals surface area contributed by atoms with Crippen LogP contribution in [-0.2, 0) is 41.6 Å². The van der Waals surface area contributed by atoms with Crippen molar-refractivity contribution in [3.05, 3.63) is 143 Å². The van der Waals surface area contributed by atoms with Crippen LogP contribution in [-0.4, -0.2) is 111 Å². The van der Waals surface area contributed by atoms with Crippen LogP contribution in [0.15, 0.2) is 115 Å². The largest absolute Gasteiger partial charge is 0.444 e. The third-order valence-electron chi connectivity index (χ3n) is 13.1. The molecule has 16 nitrogen and oxygen atoms in total. The van der Waals surface area contributed by atoms with Gasteiger partial charge in [0.1, 0.15) is 17.7 Å². The number of hydrogen-bond acceptors (Lipinski definition) is 11. The van der Waals surface area contributed by atoms with E-state index in [4.69, 9.17) is 9.47 Å². The first kappa shape index (κ1) is 56.5. The van der Waals surface area contributed by atoms with Crippen LogP contribution in [0.1, 0.15) is 95.3 Å². The van der Waals surface area contributed by atoms with Crippen LogP contribution >= 0.6 is 11.3 Å². The van der Waals surface area contributed by atoms with E-state index in [9.17, 15) is 29.1 Å². The number of ether oxygens (including phenoxy) is 2. The van der Waals surface area contributed by atoms with E-state index >= 15 is 0 Å². The number of para-hydroxylation sites is 3. The first-order valence-electron chi connectivity index (χ1n) is 25.8. The Hall–Kier alpha value is -7.18. The molecule has 4 aromatic carbocycles. The lowest BCUT2D eigenvalue weighted by Gasteiger charge is -2.35. The molecule has 1 saturated heterocycles. The molecule has 17 heteroatoms. The van der Waals surface area contributed by atoms with Crippen molar-refractivity contribution in [1.82, 2.24) is 30.4 Å². The Morgan fingerprint density at radius 1 is 0.882 bits per heavy atom. The number of thiazole rings is 1. The number of aromatic nitrogens is 2. The van der Waals surface area contributed by atoms with E-state index in [1.807, 2.05) is 101 Å². The number of amides is 5. The van der Waals surface area contributed by atoms with E-state index in [2.05, 4.69) is 54.5 Å². The molecule has 0 spiro atoms. The topological polar surface area (TPSA) is 207 Å². The highest BCUT2D eigenvalue weighted by Crippen LogP contribution is 2.30. The third-order valence-corrected chi connectivity index (χ3v) is 14.1. The molecule has 0 unspecified atom stereocenters. The number of aryl methyl sites for hydroxylation is 1. The minimum atomic E-state index is -0.961. The van der Waals surface area contributed by atoms with E-state index in [1.54, 1.807) is 62.4 Å². The van der Waals surface area contributed by atoms with Gasteiger partial charge in [0, 0.05) is 62.2 Å². The van der Waals surface area contributed by atoms with Gasteiger partial charge in [-0.2, -0.15) is 0 Å². The number of carbonyl (C=O) groups is 5. The molecule has 76 heavy (non-hydrogen) atoms. The second-order valence-electron chi connectivity index (χ2n) is 21.4. The van der Waals surface area contributed by atoms with E-state index in [1.165, 1.54) is 21.9 Å². The summed E-state index contributed by atoms with van der Waals surface area (Å²) in [6.07, 6.45) is 4.60. The molecular weight excluding hydrogens is 981 g/mol. The van der Waals surface area contributed by atoms with E-state index in [0.717, 1.165) is 51.3 Å². The Bertz CT molecular complexity index is 2970. The first-order chi connectivity index (χ1) is 36.2. The number of aromatic amines is 1. The van der Waals surface area contributed by atoms with Crippen molar-refractivity contribution >= 4 is 69.4 Å². The van der Waals surface area contributed by atoms with Gasteiger partial charge in [-0.15, -0.1) is 11.3 Å². The van der Waals surface area contributed by atoms with Crippen LogP contribution < -0.4 is 21.3 Å². The minimum Gasteiger partial charge on any atom is -0.444 e. The van der Waals surface area contributed by atoms with E-state index in [0.29, 0.717) is 31.1 Å². The zero-order valence-electron chi connectivity index (χ0n) is 44.8. The van der Waals surface area contributed by atoms with Gasteiger partial charge in [-0.25, -0.2) is 9.78 Å². The molecule has 3 heterocycles. The number of anilines is 2. The van der Waals surface area contributed by atoms with Crippen LogP contribution in [0.4, 0.5) is 16.2 Å². The van der Waals surface area contributed by atoms with Crippen molar-refractivity contribution in [1.29, 1.82) is 0 Å². The number of aliphatic hydroxyl groups excluding tert-OH is 1. The summed E-state index contributed by atoms with van der Waals surface area (Å²) in [5.74, 6) is -1.52. The number of aliphatic hydroxyl groups is 1. The molecule has 402 valence electrons. The maximum absolute atomic E-state index is 14.3. The van der Waals surface area contributed by atoms with Gasteiger partial charge in [0.05, 0.1) is 52.8 Å². The lowest BCUT2D eigenvalue weighted by atomic mass is 9.85. The summed E-state index contributed by atoms with van der Waals surface area (Å²) < 4.78 is 11.4. The number of hydrogen-bond donors (Lipinski definition) is 6. The second kappa shape index (κ2) is 25.6. The van der Waals surface area contributed by atoms with Gasteiger partial charge in [0.15, 0.2) is 0 Å². The van der Waals surface area contributed by atoms with Crippen molar-refractivity contribution in [2.24, 2.45) is 5.41 Å². The Morgan fingerprint density at radius 3 is 2.26 bits per heavy atom. The van der Waals surface area contributed by atoms with Gasteiger partial charge in [-0.3, -0.25) is 29.4 Å². The fourth-order valence-electron chi connectivity index (χ4n) is 9.05. The first-order valence-corrected chi connectivity index (χ1v) is 26.7. The van der Waals surface area contributed by atoms with Crippen molar-refractivity contribution in [2.75, 3.05) is 43.5 Å². The quantitative estimate of drug-likeness (QED) is 0.0297. The monoisotopic (exact) mass is 1050 g/mol. The summed E-state index contributed by atoms with van der Waals surface area (Å²) in [5, 5.41) is 23.4. The van der Waals surface area contributed by atoms with Gasteiger partial charge in [0.2, 0.25) is 23.6 Å². The molecule has 2 aromatic heterocycles. The van der Waals surface area contributed by atoms with Crippen molar-refractivity contribution in [2.45, 2.75) is 111 Å².